The molecule has 2 atom stereocenters. The summed E-state index contributed by atoms with van der Waals surface area (Å²) in [6.07, 6.45) is 0.625. The third-order valence-corrected chi connectivity index (χ3v) is 9.46. The number of carboxylic acids is 1. The molecule has 0 amide bonds. The molecular formula is C23H24FNO6PSi. The van der Waals surface area contributed by atoms with E-state index in [2.05, 4.69) is 4.75 Å². The Morgan fingerprint density at radius 3 is 2.45 bits per heavy atom. The van der Waals surface area contributed by atoms with Crippen molar-refractivity contribution in [1.82, 2.24) is 4.75 Å². The number of hydrogen-bond donors (Lipinski definition) is 2. The zero-order chi connectivity index (χ0) is 24.0. The summed E-state index contributed by atoms with van der Waals surface area (Å²) in [7, 11) is -6.54. The van der Waals surface area contributed by atoms with Crippen LogP contribution in [0.1, 0.15) is 35.2 Å². The van der Waals surface area contributed by atoms with Gasteiger partial charge in [0, 0.05) is 0 Å². The van der Waals surface area contributed by atoms with Gasteiger partial charge in [0.2, 0.25) is 5.91 Å². The average molecular weight is 489 g/mol. The molecule has 2 unspecified atom stereocenters. The van der Waals surface area contributed by atoms with Crippen molar-refractivity contribution in [3.05, 3.63) is 77.9 Å². The Hall–Kier alpha value is -3.00. The molecular weight excluding hydrogens is 464 g/mol. The number of aromatic carboxylic acids is 1. The van der Waals surface area contributed by atoms with Gasteiger partial charge < -0.3 is 14.4 Å². The van der Waals surface area contributed by atoms with E-state index in [4.69, 9.17) is 9.26 Å². The molecule has 0 heterocycles. The number of fused-ring (bicyclic) bond motifs is 1. The number of carbonyl (C=O) groups excluding carboxylic acids is 1. The maximum absolute atomic E-state index is 15.8. The van der Waals surface area contributed by atoms with Gasteiger partial charge in [-0.1, -0.05) is 43.3 Å². The van der Waals surface area contributed by atoms with Gasteiger partial charge in [-0.05, 0) is 59.6 Å². The van der Waals surface area contributed by atoms with Gasteiger partial charge in [-0.15, -0.1) is 0 Å². The molecule has 3 aromatic rings. The van der Waals surface area contributed by atoms with Crippen molar-refractivity contribution in [2.75, 3.05) is 6.61 Å². The van der Waals surface area contributed by atoms with Gasteiger partial charge >= 0.3 is 13.5 Å². The van der Waals surface area contributed by atoms with Crippen LogP contribution in [-0.4, -0.2) is 32.2 Å². The van der Waals surface area contributed by atoms with E-state index < -0.39 is 34.0 Å². The third kappa shape index (κ3) is 6.07. The molecule has 0 saturated heterocycles. The largest absolute Gasteiger partial charge is 0.478 e. The van der Waals surface area contributed by atoms with Crippen LogP contribution >= 0.6 is 7.52 Å². The fraction of sp³-hybridized carbons (Fsp3) is 0.217. The van der Waals surface area contributed by atoms with E-state index in [1.807, 2.05) is 6.92 Å². The van der Waals surface area contributed by atoms with E-state index in [-0.39, 0.29) is 23.5 Å². The molecule has 0 spiro atoms. The molecule has 33 heavy (non-hydrogen) atoms. The van der Waals surface area contributed by atoms with Gasteiger partial charge in [0.05, 0.1) is 12.2 Å². The molecule has 0 aliphatic carbocycles. The number of benzene rings is 3. The van der Waals surface area contributed by atoms with Crippen LogP contribution in [0.15, 0.2) is 66.7 Å². The first-order valence-corrected chi connectivity index (χ1v) is 14.0. The molecule has 0 saturated carbocycles. The first-order valence-electron chi connectivity index (χ1n) is 10.3. The molecule has 1 radical (unpaired) electrons. The summed E-state index contributed by atoms with van der Waals surface area (Å²) >= 11 is 0. The molecule has 0 aliphatic rings. The van der Waals surface area contributed by atoms with Crippen LogP contribution in [0.5, 0.6) is 5.75 Å². The molecule has 0 aromatic heterocycles. The molecule has 0 fully saturated rings. The normalized spacial score (nSPS) is 13.9. The van der Waals surface area contributed by atoms with Crippen molar-refractivity contribution >= 4 is 38.8 Å². The number of rotatable bonds is 10. The minimum absolute atomic E-state index is 0.0357. The first-order chi connectivity index (χ1) is 15.7. The molecule has 173 valence electrons. The van der Waals surface area contributed by atoms with Crippen molar-refractivity contribution in [3.63, 3.8) is 0 Å². The zero-order valence-electron chi connectivity index (χ0n) is 18.2. The summed E-state index contributed by atoms with van der Waals surface area (Å²) in [5.41, 5.74) is -0.487. The number of halogens is 1. The third-order valence-electron chi connectivity index (χ3n) is 4.74. The van der Waals surface area contributed by atoms with E-state index in [9.17, 15) is 19.3 Å². The maximum Gasteiger partial charge on any atom is 0.349 e. The number of carboxylic acid groups (broad SMARTS) is 1. The topological polar surface area (TPSA) is 102 Å². The molecule has 3 rings (SSSR count). The highest BCUT2D eigenvalue weighted by Gasteiger charge is 2.41. The number of carbonyl (C=O) groups is 2. The monoisotopic (exact) mass is 488 g/mol. The van der Waals surface area contributed by atoms with Crippen LogP contribution in [0, 0.1) is 0 Å². The Balaban J connectivity index is 1.97. The maximum atomic E-state index is 15.8. The number of alkyl halides is 1. The number of para-hydroxylation sites is 1. The lowest BCUT2D eigenvalue weighted by atomic mass is 10.0. The summed E-state index contributed by atoms with van der Waals surface area (Å²) in [6.45, 7) is 3.58. The van der Waals surface area contributed by atoms with Gasteiger partial charge in [0.25, 0.3) is 14.6 Å². The van der Waals surface area contributed by atoms with Gasteiger partial charge in [-0.25, -0.2) is 13.9 Å². The molecule has 2 N–H and O–H groups in total. The highest BCUT2D eigenvalue weighted by molar-refractivity contribution is 7.59. The lowest BCUT2D eigenvalue weighted by Gasteiger charge is -2.26. The highest BCUT2D eigenvalue weighted by atomic mass is 31.2. The SMILES string of the molecule is CCCOC(=O)[Si](C)NP(=O)(Oc1ccccc1)C(F)c1ccc2ccc(C(=O)O)cc2c1. The Labute approximate surface area is 192 Å². The molecule has 3 aromatic carbocycles. The second kappa shape index (κ2) is 10.7. The average Bonchev–Trinajstić information content (AvgIpc) is 2.81. The van der Waals surface area contributed by atoms with E-state index >= 15 is 4.39 Å². The first kappa shape index (κ1) is 24.6. The number of hydrogen-bond acceptors (Lipinski definition) is 5. The van der Waals surface area contributed by atoms with Crippen molar-refractivity contribution < 1.29 is 32.9 Å². The number of ether oxygens (including phenoxy) is 1. The van der Waals surface area contributed by atoms with Crippen LogP contribution in [0.25, 0.3) is 10.8 Å². The van der Waals surface area contributed by atoms with Crippen LogP contribution in [-0.2, 0) is 9.30 Å². The van der Waals surface area contributed by atoms with Gasteiger partial charge in [-0.3, -0.25) is 9.36 Å². The molecule has 0 aliphatic heterocycles. The fourth-order valence-electron chi connectivity index (χ4n) is 3.09. The van der Waals surface area contributed by atoms with Crippen LogP contribution < -0.4 is 9.28 Å². The van der Waals surface area contributed by atoms with Crippen molar-refractivity contribution in [2.24, 2.45) is 0 Å². The standard InChI is InChI=1S/C23H24FNO6PSi/c1-3-13-30-23(28)33(2)25-32(29,31-20-7-5-4-6-8-20)21(24)17-11-9-16-10-12-18(22(26)27)15-19(16)14-17/h4-12,14-15,21H,3,13H2,1-2H3,(H,25,29)(H,26,27). The Morgan fingerprint density at radius 1 is 1.09 bits per heavy atom. The van der Waals surface area contributed by atoms with Crippen LogP contribution in [0.3, 0.4) is 0 Å². The van der Waals surface area contributed by atoms with Gasteiger partial charge in [-0.2, -0.15) is 0 Å². The lowest BCUT2D eigenvalue weighted by molar-refractivity contribution is 0.0697. The smallest absolute Gasteiger partial charge is 0.349 e. The van der Waals surface area contributed by atoms with Crippen molar-refractivity contribution in [3.8, 4) is 5.75 Å². The van der Waals surface area contributed by atoms with Gasteiger partial charge in [0.1, 0.15) is 5.75 Å². The summed E-state index contributed by atoms with van der Waals surface area (Å²) in [5.74, 6) is -3.04. The molecule has 7 nitrogen and oxygen atoms in total. The Bertz CT molecular complexity index is 1190. The predicted octanol–water partition coefficient (Wildman–Crippen LogP) is 6.12. The summed E-state index contributed by atoms with van der Waals surface area (Å²) in [5, 5.41) is 10.4. The quantitative estimate of drug-likeness (QED) is 0.262. The minimum atomic E-state index is -4.29. The van der Waals surface area contributed by atoms with Crippen LogP contribution in [0.2, 0.25) is 6.55 Å². The zero-order valence-corrected chi connectivity index (χ0v) is 20.1. The summed E-state index contributed by atoms with van der Waals surface area (Å²) < 4.78 is 43.0. The van der Waals surface area contributed by atoms with Crippen LogP contribution in [0.4, 0.5) is 9.18 Å². The molecule has 10 heteroatoms. The lowest BCUT2D eigenvalue weighted by Crippen LogP contribution is -2.39. The predicted molar refractivity (Wildman–Crippen MR) is 126 cm³/mol. The van der Waals surface area contributed by atoms with E-state index in [0.717, 1.165) is 0 Å². The minimum Gasteiger partial charge on any atom is -0.478 e. The van der Waals surface area contributed by atoms with E-state index in [0.29, 0.717) is 17.2 Å². The Kier molecular flexibility index (Phi) is 8.02. The summed E-state index contributed by atoms with van der Waals surface area (Å²) in [6, 6.07) is 17.1. The second-order valence-corrected chi connectivity index (χ2v) is 11.7. The Morgan fingerprint density at radius 2 is 1.79 bits per heavy atom. The number of nitrogens with one attached hydrogen (secondary N) is 1. The van der Waals surface area contributed by atoms with E-state index in [1.165, 1.54) is 42.9 Å². The van der Waals surface area contributed by atoms with Gasteiger partial charge in [0.15, 0.2) is 0 Å². The molecule has 0 bridgehead atoms. The van der Waals surface area contributed by atoms with Crippen molar-refractivity contribution in [2.45, 2.75) is 25.8 Å². The van der Waals surface area contributed by atoms with Crippen molar-refractivity contribution in [1.29, 1.82) is 0 Å². The van der Waals surface area contributed by atoms with E-state index in [1.54, 1.807) is 30.3 Å². The highest BCUT2D eigenvalue weighted by Crippen LogP contribution is 2.57. The summed E-state index contributed by atoms with van der Waals surface area (Å²) in [4.78, 5) is 23.6. The second-order valence-electron chi connectivity index (χ2n) is 7.34. The fourth-order valence-corrected chi connectivity index (χ4v) is 7.36.